The summed E-state index contributed by atoms with van der Waals surface area (Å²) in [5.41, 5.74) is 2.01. The first kappa shape index (κ1) is 13.0. The Kier molecular flexibility index (Phi) is 4.51. The monoisotopic (exact) mass is 236 g/mol. The van der Waals surface area contributed by atoms with Gasteiger partial charge in [0.1, 0.15) is 6.54 Å². The molecule has 2 N–H and O–H groups in total. The van der Waals surface area contributed by atoms with E-state index in [4.69, 9.17) is 0 Å². The zero-order valence-corrected chi connectivity index (χ0v) is 10.2. The van der Waals surface area contributed by atoms with Crippen molar-refractivity contribution in [1.29, 1.82) is 0 Å². The van der Waals surface area contributed by atoms with Gasteiger partial charge in [-0.25, -0.2) is 0 Å². The maximum Gasteiger partial charge on any atom is 0.325 e. The van der Waals surface area contributed by atoms with E-state index >= 15 is 0 Å². The fraction of sp³-hybridized carbons (Fsp3) is 0.333. The van der Waals surface area contributed by atoms with Gasteiger partial charge in [-0.3, -0.25) is 9.59 Å². The van der Waals surface area contributed by atoms with Gasteiger partial charge in [0.2, 0.25) is 0 Å². The molecule has 1 aromatic carbocycles. The van der Waals surface area contributed by atoms with Crippen LogP contribution in [-0.2, 0) is 9.53 Å². The Morgan fingerprint density at radius 2 is 2.06 bits per heavy atom. The molecule has 0 spiro atoms. The van der Waals surface area contributed by atoms with Crippen LogP contribution in [0.15, 0.2) is 18.2 Å². The zero-order valence-electron chi connectivity index (χ0n) is 10.2. The molecule has 0 bridgehead atoms. The Balaban J connectivity index is 2.94. The summed E-state index contributed by atoms with van der Waals surface area (Å²) in [6.45, 7) is 1.87. The van der Waals surface area contributed by atoms with Crippen LogP contribution in [0.5, 0.6) is 0 Å². The van der Waals surface area contributed by atoms with Gasteiger partial charge in [-0.05, 0) is 18.6 Å². The highest BCUT2D eigenvalue weighted by Crippen LogP contribution is 2.19. The molecule has 0 aliphatic carbocycles. The van der Waals surface area contributed by atoms with Crippen LogP contribution in [0.1, 0.15) is 15.9 Å². The minimum atomic E-state index is -0.380. The number of methoxy groups -OCH3 is 1. The van der Waals surface area contributed by atoms with Crippen molar-refractivity contribution >= 4 is 17.6 Å². The highest BCUT2D eigenvalue weighted by Gasteiger charge is 2.13. The topological polar surface area (TPSA) is 67.4 Å². The Morgan fingerprint density at radius 3 is 2.65 bits per heavy atom. The van der Waals surface area contributed by atoms with Crippen LogP contribution in [0.4, 0.5) is 5.69 Å². The standard InChI is InChI=1S/C12H16N2O3/c1-8-5-4-6-9(11(8)12(16)13-2)14-7-10(15)17-3/h4-6,14H,7H2,1-3H3,(H,13,16). The van der Waals surface area contributed by atoms with Crippen LogP contribution in [0, 0.1) is 6.92 Å². The predicted octanol–water partition coefficient (Wildman–Crippen LogP) is 0.940. The number of benzene rings is 1. The molecule has 0 radical (unpaired) electrons. The van der Waals surface area contributed by atoms with Crippen LogP contribution in [0.3, 0.4) is 0 Å². The number of aryl methyl sites for hydroxylation is 1. The van der Waals surface area contributed by atoms with E-state index in [-0.39, 0.29) is 18.4 Å². The Labute approximate surface area is 100 Å². The number of amides is 1. The molecule has 17 heavy (non-hydrogen) atoms. The quantitative estimate of drug-likeness (QED) is 0.763. The average Bonchev–Trinajstić information content (AvgIpc) is 2.35. The molecule has 0 heterocycles. The predicted molar refractivity (Wildman–Crippen MR) is 65.1 cm³/mol. The molecule has 0 saturated heterocycles. The van der Waals surface area contributed by atoms with E-state index in [2.05, 4.69) is 15.4 Å². The fourth-order valence-electron chi connectivity index (χ4n) is 1.48. The van der Waals surface area contributed by atoms with E-state index in [1.807, 2.05) is 19.1 Å². The molecule has 0 atom stereocenters. The third kappa shape index (κ3) is 3.21. The number of rotatable bonds is 4. The van der Waals surface area contributed by atoms with Crippen molar-refractivity contribution < 1.29 is 14.3 Å². The molecular weight excluding hydrogens is 220 g/mol. The van der Waals surface area contributed by atoms with Gasteiger partial charge < -0.3 is 15.4 Å². The van der Waals surface area contributed by atoms with E-state index in [1.165, 1.54) is 7.11 Å². The van der Waals surface area contributed by atoms with Crippen LogP contribution in [-0.4, -0.2) is 32.6 Å². The van der Waals surface area contributed by atoms with E-state index in [0.29, 0.717) is 11.3 Å². The molecule has 0 unspecified atom stereocenters. The molecular formula is C12H16N2O3. The number of esters is 1. The summed E-state index contributed by atoms with van der Waals surface area (Å²) in [4.78, 5) is 22.7. The second-order valence-corrected chi connectivity index (χ2v) is 3.51. The minimum Gasteiger partial charge on any atom is -0.468 e. The van der Waals surface area contributed by atoms with Gasteiger partial charge in [-0.1, -0.05) is 12.1 Å². The van der Waals surface area contributed by atoms with E-state index < -0.39 is 0 Å². The molecule has 0 aromatic heterocycles. The van der Waals surface area contributed by atoms with Gasteiger partial charge in [-0.15, -0.1) is 0 Å². The van der Waals surface area contributed by atoms with Crippen molar-refractivity contribution in [2.75, 3.05) is 26.0 Å². The largest absolute Gasteiger partial charge is 0.468 e. The first-order chi connectivity index (χ1) is 8.10. The van der Waals surface area contributed by atoms with Crippen molar-refractivity contribution in [3.63, 3.8) is 0 Å². The average molecular weight is 236 g/mol. The summed E-state index contributed by atoms with van der Waals surface area (Å²) in [5, 5.41) is 5.45. The molecule has 0 aliphatic rings. The van der Waals surface area contributed by atoms with Crippen LogP contribution >= 0.6 is 0 Å². The smallest absolute Gasteiger partial charge is 0.325 e. The Morgan fingerprint density at radius 1 is 1.35 bits per heavy atom. The van der Waals surface area contributed by atoms with Crippen molar-refractivity contribution in [2.45, 2.75) is 6.92 Å². The molecule has 1 aromatic rings. The Hall–Kier alpha value is -2.04. The van der Waals surface area contributed by atoms with Gasteiger partial charge >= 0.3 is 5.97 Å². The number of carbonyl (C=O) groups is 2. The first-order valence-electron chi connectivity index (χ1n) is 5.22. The van der Waals surface area contributed by atoms with Gasteiger partial charge in [0, 0.05) is 12.7 Å². The number of nitrogens with one attached hydrogen (secondary N) is 2. The lowest BCUT2D eigenvalue weighted by atomic mass is 10.1. The number of carbonyl (C=O) groups excluding carboxylic acids is 2. The van der Waals surface area contributed by atoms with Crippen molar-refractivity contribution in [1.82, 2.24) is 5.32 Å². The lowest BCUT2D eigenvalue weighted by Gasteiger charge is -2.12. The Bertz CT molecular complexity index is 430. The SMILES string of the molecule is CNC(=O)c1c(C)cccc1NCC(=O)OC. The lowest BCUT2D eigenvalue weighted by Crippen LogP contribution is -2.22. The van der Waals surface area contributed by atoms with Gasteiger partial charge in [-0.2, -0.15) is 0 Å². The summed E-state index contributed by atoms with van der Waals surface area (Å²) in [5.74, 6) is -0.565. The van der Waals surface area contributed by atoms with E-state index in [0.717, 1.165) is 5.56 Å². The highest BCUT2D eigenvalue weighted by atomic mass is 16.5. The maximum atomic E-state index is 11.7. The van der Waals surface area contributed by atoms with Gasteiger partial charge in [0.25, 0.3) is 5.91 Å². The third-order valence-electron chi connectivity index (χ3n) is 2.38. The summed E-state index contributed by atoms with van der Waals surface area (Å²) >= 11 is 0. The molecule has 92 valence electrons. The summed E-state index contributed by atoms with van der Waals surface area (Å²) in [7, 11) is 2.89. The molecule has 0 aliphatic heterocycles. The van der Waals surface area contributed by atoms with Crippen molar-refractivity contribution in [3.05, 3.63) is 29.3 Å². The fourth-order valence-corrected chi connectivity index (χ4v) is 1.48. The molecule has 5 nitrogen and oxygen atoms in total. The molecule has 0 saturated carbocycles. The van der Waals surface area contributed by atoms with E-state index in [1.54, 1.807) is 13.1 Å². The van der Waals surface area contributed by atoms with Crippen molar-refractivity contribution in [2.24, 2.45) is 0 Å². The summed E-state index contributed by atoms with van der Waals surface area (Å²) < 4.78 is 4.53. The van der Waals surface area contributed by atoms with Gasteiger partial charge in [0.15, 0.2) is 0 Å². The number of ether oxygens (including phenoxy) is 1. The molecule has 1 amide bonds. The van der Waals surface area contributed by atoms with E-state index in [9.17, 15) is 9.59 Å². The van der Waals surface area contributed by atoms with Gasteiger partial charge in [0.05, 0.1) is 12.7 Å². The van der Waals surface area contributed by atoms with Crippen LogP contribution < -0.4 is 10.6 Å². The molecule has 0 fully saturated rings. The summed E-state index contributed by atoms with van der Waals surface area (Å²) in [6, 6.07) is 5.41. The molecule has 5 heteroatoms. The number of hydrogen-bond donors (Lipinski definition) is 2. The normalized spacial score (nSPS) is 9.59. The number of hydrogen-bond acceptors (Lipinski definition) is 4. The highest BCUT2D eigenvalue weighted by molar-refractivity contribution is 6.01. The van der Waals surface area contributed by atoms with Crippen molar-refractivity contribution in [3.8, 4) is 0 Å². The second kappa shape index (κ2) is 5.89. The zero-order chi connectivity index (χ0) is 12.8. The molecule has 1 rings (SSSR count). The number of anilines is 1. The summed E-state index contributed by atoms with van der Waals surface area (Å²) in [6.07, 6.45) is 0. The minimum absolute atomic E-state index is 0.0317. The van der Waals surface area contributed by atoms with Crippen LogP contribution in [0.2, 0.25) is 0 Å². The second-order valence-electron chi connectivity index (χ2n) is 3.51. The third-order valence-corrected chi connectivity index (χ3v) is 2.38. The first-order valence-corrected chi connectivity index (χ1v) is 5.22. The van der Waals surface area contributed by atoms with Crippen LogP contribution in [0.25, 0.3) is 0 Å². The maximum absolute atomic E-state index is 11.7. The lowest BCUT2D eigenvalue weighted by molar-refractivity contribution is -0.138.